The molecule has 3 N–H and O–H groups in total. The molecule has 0 aliphatic rings. The van der Waals surface area contributed by atoms with E-state index < -0.39 is 11.9 Å². The molecule has 94 valence electrons. The predicted octanol–water partition coefficient (Wildman–Crippen LogP) is 3.45. The van der Waals surface area contributed by atoms with Crippen LogP contribution in [-0.4, -0.2) is 5.11 Å². The minimum absolute atomic E-state index is 0.396. The Morgan fingerprint density at radius 3 is 2.72 bits per heavy atom. The van der Waals surface area contributed by atoms with Crippen LogP contribution in [-0.2, 0) is 6.42 Å². The lowest BCUT2D eigenvalue weighted by Gasteiger charge is -2.13. The smallest absolute Gasteiger partial charge is 0.123 e. The van der Waals surface area contributed by atoms with Gasteiger partial charge < -0.3 is 10.8 Å². The molecule has 2 aromatic rings. The van der Waals surface area contributed by atoms with Gasteiger partial charge in [0, 0.05) is 22.1 Å². The van der Waals surface area contributed by atoms with Crippen molar-refractivity contribution < 1.29 is 9.50 Å². The van der Waals surface area contributed by atoms with Gasteiger partial charge in [-0.25, -0.2) is 4.39 Å². The molecule has 4 heteroatoms. The molecule has 2 rings (SSSR count). The lowest BCUT2D eigenvalue weighted by atomic mass is 10.00. The molecule has 0 heterocycles. The highest BCUT2D eigenvalue weighted by Gasteiger charge is 2.13. The number of hydrogen-bond acceptors (Lipinski definition) is 2. The van der Waals surface area contributed by atoms with E-state index in [1.165, 1.54) is 18.2 Å². The van der Waals surface area contributed by atoms with E-state index in [2.05, 4.69) is 15.9 Å². The minimum atomic E-state index is -0.810. The number of nitrogens with two attached hydrogens (primary N) is 1. The highest BCUT2D eigenvalue weighted by Crippen LogP contribution is 2.25. The molecule has 0 fully saturated rings. The summed E-state index contributed by atoms with van der Waals surface area (Å²) in [6.07, 6.45) is -0.414. The summed E-state index contributed by atoms with van der Waals surface area (Å²) in [7, 11) is 0. The van der Waals surface area contributed by atoms with Gasteiger partial charge in [0.2, 0.25) is 0 Å². The third-order valence-corrected chi connectivity index (χ3v) is 3.22. The second-order valence-corrected chi connectivity index (χ2v) is 5.04. The summed E-state index contributed by atoms with van der Waals surface area (Å²) in [5, 5.41) is 10.1. The van der Waals surface area contributed by atoms with E-state index in [1.54, 1.807) is 0 Å². The van der Waals surface area contributed by atoms with Crippen molar-refractivity contribution >= 4 is 21.6 Å². The fourth-order valence-corrected chi connectivity index (χ4v) is 2.28. The first-order valence-corrected chi connectivity index (χ1v) is 6.33. The molecule has 0 spiro atoms. The minimum Gasteiger partial charge on any atom is -0.398 e. The van der Waals surface area contributed by atoms with Gasteiger partial charge in [-0.1, -0.05) is 28.1 Å². The van der Waals surface area contributed by atoms with E-state index in [0.29, 0.717) is 17.7 Å². The van der Waals surface area contributed by atoms with Crippen LogP contribution in [0.15, 0.2) is 46.9 Å². The van der Waals surface area contributed by atoms with Crippen molar-refractivity contribution in [3.8, 4) is 0 Å². The second kappa shape index (κ2) is 5.50. The van der Waals surface area contributed by atoms with Gasteiger partial charge in [0.15, 0.2) is 0 Å². The van der Waals surface area contributed by atoms with Crippen LogP contribution in [0.1, 0.15) is 17.2 Å². The zero-order valence-corrected chi connectivity index (χ0v) is 11.2. The quantitative estimate of drug-likeness (QED) is 0.853. The summed E-state index contributed by atoms with van der Waals surface area (Å²) in [4.78, 5) is 0. The molecule has 18 heavy (non-hydrogen) atoms. The van der Waals surface area contributed by atoms with E-state index in [4.69, 9.17) is 5.73 Å². The number of nitrogen functional groups attached to an aromatic ring is 1. The molecule has 0 aromatic heterocycles. The van der Waals surface area contributed by atoms with Crippen LogP contribution in [0.3, 0.4) is 0 Å². The molecule has 2 nitrogen and oxygen atoms in total. The number of benzene rings is 2. The summed E-state index contributed by atoms with van der Waals surface area (Å²) >= 11 is 3.37. The first-order chi connectivity index (χ1) is 8.56. The van der Waals surface area contributed by atoms with Crippen LogP contribution in [0.4, 0.5) is 10.1 Å². The van der Waals surface area contributed by atoms with Gasteiger partial charge >= 0.3 is 0 Å². The third kappa shape index (κ3) is 3.09. The fourth-order valence-electron chi connectivity index (χ4n) is 1.83. The molecule has 2 aromatic carbocycles. The van der Waals surface area contributed by atoms with Crippen molar-refractivity contribution in [2.24, 2.45) is 0 Å². The largest absolute Gasteiger partial charge is 0.398 e. The maximum Gasteiger partial charge on any atom is 0.123 e. The average molecular weight is 310 g/mol. The Kier molecular flexibility index (Phi) is 3.99. The van der Waals surface area contributed by atoms with Crippen LogP contribution >= 0.6 is 15.9 Å². The highest BCUT2D eigenvalue weighted by atomic mass is 79.9. The van der Waals surface area contributed by atoms with Gasteiger partial charge in [-0.3, -0.25) is 0 Å². The highest BCUT2D eigenvalue weighted by molar-refractivity contribution is 9.10. The monoisotopic (exact) mass is 309 g/mol. The van der Waals surface area contributed by atoms with E-state index in [9.17, 15) is 9.50 Å². The second-order valence-electron chi connectivity index (χ2n) is 4.12. The van der Waals surface area contributed by atoms with Crippen LogP contribution in [0, 0.1) is 5.82 Å². The van der Waals surface area contributed by atoms with Crippen molar-refractivity contribution in [1.29, 1.82) is 0 Å². The molecular weight excluding hydrogens is 297 g/mol. The number of aliphatic hydroxyl groups is 1. The van der Waals surface area contributed by atoms with Crippen molar-refractivity contribution in [1.82, 2.24) is 0 Å². The number of hydrogen-bond donors (Lipinski definition) is 2. The SMILES string of the molecule is Nc1ccc(F)cc1C(O)Cc1cccc(Br)c1. The summed E-state index contributed by atoms with van der Waals surface area (Å²) in [5.74, 6) is -0.396. The standard InChI is InChI=1S/C14H13BrFNO/c15-10-3-1-2-9(6-10)7-14(18)12-8-11(16)4-5-13(12)17/h1-6,8,14,18H,7,17H2. The van der Waals surface area contributed by atoms with E-state index in [0.717, 1.165) is 10.0 Å². The first-order valence-electron chi connectivity index (χ1n) is 5.53. The van der Waals surface area contributed by atoms with Gasteiger partial charge in [-0.2, -0.15) is 0 Å². The Morgan fingerprint density at radius 1 is 1.22 bits per heavy atom. The summed E-state index contributed by atoms with van der Waals surface area (Å²) in [6, 6.07) is 11.6. The molecule has 0 amide bonds. The van der Waals surface area contributed by atoms with Crippen LogP contribution in [0.2, 0.25) is 0 Å². The number of rotatable bonds is 3. The normalized spacial score (nSPS) is 12.4. The molecule has 0 saturated heterocycles. The Bertz CT molecular complexity index is 559. The molecule has 0 aliphatic carbocycles. The van der Waals surface area contributed by atoms with Gasteiger partial charge in [-0.15, -0.1) is 0 Å². The molecule has 0 saturated carbocycles. The topological polar surface area (TPSA) is 46.2 Å². The Morgan fingerprint density at radius 2 is 2.00 bits per heavy atom. The van der Waals surface area contributed by atoms with Crippen molar-refractivity contribution in [2.45, 2.75) is 12.5 Å². The average Bonchev–Trinajstić information content (AvgIpc) is 2.32. The van der Waals surface area contributed by atoms with Crippen LogP contribution in [0.5, 0.6) is 0 Å². The Labute approximate surface area is 113 Å². The molecule has 0 aliphatic heterocycles. The maximum atomic E-state index is 13.1. The van der Waals surface area contributed by atoms with E-state index in [1.807, 2.05) is 24.3 Å². The number of anilines is 1. The molecule has 1 atom stereocenters. The molecule has 0 radical (unpaired) electrons. The van der Waals surface area contributed by atoms with E-state index in [-0.39, 0.29) is 0 Å². The van der Waals surface area contributed by atoms with Gasteiger partial charge in [0.25, 0.3) is 0 Å². The zero-order chi connectivity index (χ0) is 13.1. The summed E-state index contributed by atoms with van der Waals surface area (Å²) in [5.41, 5.74) is 7.52. The molecule has 1 unspecified atom stereocenters. The predicted molar refractivity (Wildman–Crippen MR) is 73.6 cm³/mol. The molecule has 0 bridgehead atoms. The van der Waals surface area contributed by atoms with Crippen molar-refractivity contribution in [3.63, 3.8) is 0 Å². The van der Waals surface area contributed by atoms with Crippen molar-refractivity contribution in [3.05, 3.63) is 63.9 Å². The molecular formula is C14H13BrFNO. The van der Waals surface area contributed by atoms with Gasteiger partial charge in [0.05, 0.1) is 6.10 Å². The number of halogens is 2. The lowest BCUT2D eigenvalue weighted by Crippen LogP contribution is -2.06. The summed E-state index contributed by atoms with van der Waals surface area (Å²) in [6.45, 7) is 0. The van der Waals surface area contributed by atoms with E-state index >= 15 is 0 Å². The van der Waals surface area contributed by atoms with Gasteiger partial charge in [-0.05, 0) is 35.9 Å². The summed E-state index contributed by atoms with van der Waals surface area (Å²) < 4.78 is 14.1. The van der Waals surface area contributed by atoms with Crippen LogP contribution < -0.4 is 5.73 Å². The van der Waals surface area contributed by atoms with Crippen molar-refractivity contribution in [2.75, 3.05) is 5.73 Å². The number of aliphatic hydroxyl groups excluding tert-OH is 1. The maximum absolute atomic E-state index is 13.1. The Balaban J connectivity index is 2.21. The third-order valence-electron chi connectivity index (χ3n) is 2.73. The lowest BCUT2D eigenvalue weighted by molar-refractivity contribution is 0.179. The first kappa shape index (κ1) is 13.1. The zero-order valence-electron chi connectivity index (χ0n) is 9.61. The van der Waals surface area contributed by atoms with Gasteiger partial charge in [0.1, 0.15) is 5.82 Å². The fraction of sp³-hybridized carbons (Fsp3) is 0.143. The van der Waals surface area contributed by atoms with Crippen LogP contribution in [0.25, 0.3) is 0 Å². The Hall–Kier alpha value is -1.39.